The first-order chi connectivity index (χ1) is 9.31. The molecule has 19 heavy (non-hydrogen) atoms. The normalized spacial score (nSPS) is 19.1. The van der Waals surface area contributed by atoms with E-state index in [1.165, 1.54) is 49.7 Å². The summed E-state index contributed by atoms with van der Waals surface area (Å²) < 4.78 is 0. The second kappa shape index (κ2) is 7.69. The van der Waals surface area contributed by atoms with Crippen molar-refractivity contribution in [1.29, 1.82) is 0 Å². The molecule has 0 spiro atoms. The van der Waals surface area contributed by atoms with Gasteiger partial charge in [-0.2, -0.15) is 0 Å². The lowest BCUT2D eigenvalue weighted by Crippen LogP contribution is -2.33. The van der Waals surface area contributed by atoms with Crippen LogP contribution in [0, 0.1) is 5.92 Å². The first-order valence-electron chi connectivity index (χ1n) is 8.11. The van der Waals surface area contributed by atoms with Crippen LogP contribution >= 0.6 is 0 Å². The minimum absolute atomic E-state index is 0.656. The van der Waals surface area contributed by atoms with Gasteiger partial charge in [-0.25, -0.2) is 0 Å². The van der Waals surface area contributed by atoms with Crippen molar-refractivity contribution in [2.45, 2.75) is 71.4 Å². The molecule has 1 atom stereocenters. The lowest BCUT2D eigenvalue weighted by molar-refractivity contribution is 0.336. The molecule has 0 bridgehead atoms. The van der Waals surface area contributed by atoms with Gasteiger partial charge < -0.3 is 5.32 Å². The Morgan fingerprint density at radius 3 is 2.32 bits per heavy atom. The number of hydrogen-bond acceptors (Lipinski definition) is 1. The van der Waals surface area contributed by atoms with E-state index >= 15 is 0 Å². The molecule has 0 saturated heterocycles. The Balaban J connectivity index is 1.86. The highest BCUT2D eigenvalue weighted by molar-refractivity contribution is 5.26. The quantitative estimate of drug-likeness (QED) is 0.756. The van der Waals surface area contributed by atoms with Crippen molar-refractivity contribution < 1.29 is 0 Å². The third-order valence-corrected chi connectivity index (χ3v) is 4.72. The molecular weight excluding hydrogens is 230 g/mol. The molecule has 0 radical (unpaired) electrons. The number of benzene rings is 1. The topological polar surface area (TPSA) is 12.0 Å². The monoisotopic (exact) mass is 259 g/mol. The van der Waals surface area contributed by atoms with E-state index in [2.05, 4.69) is 43.4 Å². The molecule has 106 valence electrons. The average Bonchev–Trinajstić information content (AvgIpc) is 2.74. The van der Waals surface area contributed by atoms with Crippen LogP contribution < -0.4 is 5.32 Å². The summed E-state index contributed by atoms with van der Waals surface area (Å²) in [6.07, 6.45) is 9.73. The highest BCUT2D eigenvalue weighted by atomic mass is 14.9. The Kier molecular flexibility index (Phi) is 5.91. The van der Waals surface area contributed by atoms with Crippen molar-refractivity contribution in [3.63, 3.8) is 0 Å². The second-order valence-corrected chi connectivity index (χ2v) is 6.04. The summed E-state index contributed by atoms with van der Waals surface area (Å²) in [5.41, 5.74) is 2.97. The molecule has 1 aromatic rings. The number of aryl methyl sites for hydroxylation is 1. The number of rotatable bonds is 5. The Morgan fingerprint density at radius 1 is 1.05 bits per heavy atom. The molecular formula is C18H29N. The zero-order chi connectivity index (χ0) is 13.5. The molecule has 1 fully saturated rings. The molecule has 1 nitrogen and oxygen atoms in total. The minimum atomic E-state index is 0.656. The highest BCUT2D eigenvalue weighted by Crippen LogP contribution is 2.25. The fraction of sp³-hybridized carbons (Fsp3) is 0.667. The van der Waals surface area contributed by atoms with Crippen molar-refractivity contribution in [1.82, 2.24) is 5.32 Å². The van der Waals surface area contributed by atoms with Crippen LogP contribution in [0.2, 0.25) is 0 Å². The summed E-state index contributed by atoms with van der Waals surface area (Å²) in [7, 11) is 0. The molecule has 1 aliphatic rings. The molecule has 2 rings (SSSR count). The standard InChI is InChI=1S/C18H29N/c1-3-16-10-8-9-13-18(16)14-19-15(2)17-11-6-4-5-7-12-17/h8-10,13,15,17,19H,3-7,11-12,14H2,1-2H3/t15-/m0/s1. The third kappa shape index (κ3) is 4.35. The first kappa shape index (κ1) is 14.6. The Labute approximate surface area is 118 Å². The number of hydrogen-bond donors (Lipinski definition) is 1. The fourth-order valence-corrected chi connectivity index (χ4v) is 3.32. The van der Waals surface area contributed by atoms with Crippen LogP contribution in [0.15, 0.2) is 24.3 Å². The highest BCUT2D eigenvalue weighted by Gasteiger charge is 2.18. The number of nitrogens with one attached hydrogen (secondary N) is 1. The van der Waals surface area contributed by atoms with E-state index in [4.69, 9.17) is 0 Å². The van der Waals surface area contributed by atoms with Gasteiger partial charge in [-0.15, -0.1) is 0 Å². The maximum atomic E-state index is 3.77. The smallest absolute Gasteiger partial charge is 0.0210 e. The van der Waals surface area contributed by atoms with Crippen LogP contribution in [0.25, 0.3) is 0 Å². The maximum absolute atomic E-state index is 3.77. The van der Waals surface area contributed by atoms with Crippen molar-refractivity contribution in [2.75, 3.05) is 0 Å². The molecule has 1 heteroatoms. The SMILES string of the molecule is CCc1ccccc1CN[C@@H](C)C1CCCCCC1. The summed E-state index contributed by atoms with van der Waals surface area (Å²) in [6.45, 7) is 5.65. The van der Waals surface area contributed by atoms with Crippen LogP contribution in [-0.4, -0.2) is 6.04 Å². The summed E-state index contributed by atoms with van der Waals surface area (Å²) >= 11 is 0. The van der Waals surface area contributed by atoms with E-state index in [0.717, 1.165) is 18.9 Å². The van der Waals surface area contributed by atoms with E-state index in [1.54, 1.807) is 0 Å². The summed E-state index contributed by atoms with van der Waals surface area (Å²) in [4.78, 5) is 0. The van der Waals surface area contributed by atoms with Gasteiger partial charge in [0.05, 0.1) is 0 Å². The van der Waals surface area contributed by atoms with E-state index in [9.17, 15) is 0 Å². The summed E-state index contributed by atoms with van der Waals surface area (Å²) in [6, 6.07) is 9.49. The van der Waals surface area contributed by atoms with Gasteiger partial charge in [0.2, 0.25) is 0 Å². The van der Waals surface area contributed by atoms with Gasteiger partial charge >= 0.3 is 0 Å². The lowest BCUT2D eigenvalue weighted by atomic mass is 9.92. The molecule has 0 unspecified atom stereocenters. The largest absolute Gasteiger partial charge is 0.310 e. The summed E-state index contributed by atoms with van der Waals surface area (Å²) in [5.74, 6) is 0.885. The van der Waals surface area contributed by atoms with E-state index in [-0.39, 0.29) is 0 Å². The van der Waals surface area contributed by atoms with Crippen LogP contribution in [0.5, 0.6) is 0 Å². The molecule has 1 aliphatic carbocycles. The van der Waals surface area contributed by atoms with Crippen molar-refractivity contribution in [3.05, 3.63) is 35.4 Å². The van der Waals surface area contributed by atoms with Gasteiger partial charge in [0, 0.05) is 12.6 Å². The molecule has 0 amide bonds. The molecule has 0 heterocycles. The predicted octanol–water partition coefficient (Wildman–Crippen LogP) is 4.70. The predicted molar refractivity (Wildman–Crippen MR) is 83.3 cm³/mol. The summed E-state index contributed by atoms with van der Waals surface area (Å²) in [5, 5.41) is 3.77. The molecule has 0 aliphatic heterocycles. The zero-order valence-corrected chi connectivity index (χ0v) is 12.6. The average molecular weight is 259 g/mol. The van der Waals surface area contributed by atoms with Crippen molar-refractivity contribution in [2.24, 2.45) is 5.92 Å². The lowest BCUT2D eigenvalue weighted by Gasteiger charge is -2.24. The van der Waals surface area contributed by atoms with E-state index in [1.807, 2.05) is 0 Å². The molecule has 1 aromatic carbocycles. The molecule has 1 N–H and O–H groups in total. The Morgan fingerprint density at radius 2 is 1.68 bits per heavy atom. The van der Waals surface area contributed by atoms with Crippen LogP contribution in [0.3, 0.4) is 0 Å². The first-order valence-corrected chi connectivity index (χ1v) is 8.11. The van der Waals surface area contributed by atoms with Crippen LogP contribution in [0.1, 0.15) is 63.5 Å². The van der Waals surface area contributed by atoms with Gasteiger partial charge in [0.25, 0.3) is 0 Å². The van der Waals surface area contributed by atoms with Gasteiger partial charge in [-0.05, 0) is 43.2 Å². The van der Waals surface area contributed by atoms with Crippen molar-refractivity contribution in [3.8, 4) is 0 Å². The fourth-order valence-electron chi connectivity index (χ4n) is 3.32. The third-order valence-electron chi connectivity index (χ3n) is 4.72. The second-order valence-electron chi connectivity index (χ2n) is 6.04. The van der Waals surface area contributed by atoms with Gasteiger partial charge in [-0.3, -0.25) is 0 Å². The van der Waals surface area contributed by atoms with Gasteiger partial charge in [-0.1, -0.05) is 56.9 Å². The van der Waals surface area contributed by atoms with Crippen LogP contribution in [-0.2, 0) is 13.0 Å². The van der Waals surface area contributed by atoms with Crippen LogP contribution in [0.4, 0.5) is 0 Å². The maximum Gasteiger partial charge on any atom is 0.0210 e. The molecule has 1 saturated carbocycles. The van der Waals surface area contributed by atoms with E-state index in [0.29, 0.717) is 6.04 Å². The molecule has 0 aromatic heterocycles. The zero-order valence-electron chi connectivity index (χ0n) is 12.6. The Bertz CT molecular complexity index is 364. The van der Waals surface area contributed by atoms with Crippen molar-refractivity contribution >= 4 is 0 Å². The Hall–Kier alpha value is -0.820. The van der Waals surface area contributed by atoms with E-state index < -0.39 is 0 Å². The van der Waals surface area contributed by atoms with Gasteiger partial charge in [0.15, 0.2) is 0 Å². The van der Waals surface area contributed by atoms with Gasteiger partial charge in [0.1, 0.15) is 0 Å². The minimum Gasteiger partial charge on any atom is -0.310 e.